The SMILES string of the molecule is COc1cccc(-n2nnc3c(N4CCN(S(=O)(=O)c5ccccc5F)CC4)ncnc32)c1. The summed E-state index contributed by atoms with van der Waals surface area (Å²) in [5, 5.41) is 8.51. The molecule has 3 heterocycles. The van der Waals surface area contributed by atoms with E-state index in [1.54, 1.807) is 11.8 Å². The summed E-state index contributed by atoms with van der Waals surface area (Å²) in [6, 6.07) is 12.8. The van der Waals surface area contributed by atoms with Crippen molar-refractivity contribution in [2.45, 2.75) is 4.90 Å². The van der Waals surface area contributed by atoms with E-state index >= 15 is 0 Å². The molecule has 0 atom stereocenters. The summed E-state index contributed by atoms with van der Waals surface area (Å²) in [6.45, 7) is 1.11. The van der Waals surface area contributed by atoms with Gasteiger partial charge in [0.2, 0.25) is 10.0 Å². The van der Waals surface area contributed by atoms with Crippen LogP contribution in [0.15, 0.2) is 59.8 Å². The molecule has 0 N–H and O–H groups in total. The van der Waals surface area contributed by atoms with Crippen LogP contribution >= 0.6 is 0 Å². The zero-order valence-corrected chi connectivity index (χ0v) is 18.5. The molecule has 0 unspecified atom stereocenters. The van der Waals surface area contributed by atoms with Crippen LogP contribution in [0, 0.1) is 5.82 Å². The van der Waals surface area contributed by atoms with Gasteiger partial charge in [0.05, 0.1) is 12.8 Å². The van der Waals surface area contributed by atoms with Crippen LogP contribution in [0.25, 0.3) is 16.9 Å². The van der Waals surface area contributed by atoms with Crippen molar-refractivity contribution in [1.29, 1.82) is 0 Å². The maximum absolute atomic E-state index is 14.1. The molecule has 0 bridgehead atoms. The van der Waals surface area contributed by atoms with E-state index in [0.717, 1.165) is 11.8 Å². The van der Waals surface area contributed by atoms with Crippen molar-refractivity contribution in [3.8, 4) is 11.4 Å². The van der Waals surface area contributed by atoms with Gasteiger partial charge in [-0.3, -0.25) is 0 Å². The van der Waals surface area contributed by atoms with E-state index in [2.05, 4.69) is 20.3 Å². The molecular weight excluding hydrogens is 449 g/mol. The van der Waals surface area contributed by atoms with Gasteiger partial charge in [-0.15, -0.1) is 5.10 Å². The second-order valence-corrected chi connectivity index (χ2v) is 9.30. The predicted octanol–water partition coefficient (Wildman–Crippen LogP) is 1.87. The zero-order valence-electron chi connectivity index (χ0n) is 17.7. The fourth-order valence-corrected chi connectivity index (χ4v) is 5.30. The van der Waals surface area contributed by atoms with Crippen LogP contribution in [0.5, 0.6) is 5.75 Å². The summed E-state index contributed by atoms with van der Waals surface area (Å²) in [7, 11) is -2.34. The first kappa shape index (κ1) is 21.2. The van der Waals surface area contributed by atoms with E-state index in [0.29, 0.717) is 35.8 Å². The van der Waals surface area contributed by atoms with Gasteiger partial charge < -0.3 is 9.64 Å². The highest BCUT2D eigenvalue weighted by atomic mass is 32.2. The van der Waals surface area contributed by atoms with E-state index < -0.39 is 15.8 Å². The lowest BCUT2D eigenvalue weighted by Crippen LogP contribution is -2.49. The van der Waals surface area contributed by atoms with Crippen LogP contribution in [0.4, 0.5) is 10.2 Å². The maximum Gasteiger partial charge on any atom is 0.246 e. The first-order valence-electron chi connectivity index (χ1n) is 10.2. The molecule has 0 amide bonds. The molecule has 170 valence electrons. The largest absolute Gasteiger partial charge is 0.497 e. The number of rotatable bonds is 5. The lowest BCUT2D eigenvalue weighted by molar-refractivity contribution is 0.381. The Labute approximate surface area is 189 Å². The lowest BCUT2D eigenvalue weighted by Gasteiger charge is -2.34. The standard InChI is InChI=1S/C21H20FN7O3S/c1-32-16-6-4-5-15(13-16)29-21-19(25-26-29)20(23-14-24-21)27-9-11-28(12-10-27)33(30,31)18-8-3-2-7-17(18)22/h2-8,13-14H,9-12H2,1H3. The summed E-state index contributed by atoms with van der Waals surface area (Å²) in [6.07, 6.45) is 1.43. The smallest absolute Gasteiger partial charge is 0.246 e. The molecule has 1 aliphatic heterocycles. The van der Waals surface area contributed by atoms with Crippen molar-refractivity contribution in [3.05, 3.63) is 60.7 Å². The van der Waals surface area contributed by atoms with Crippen molar-refractivity contribution in [1.82, 2.24) is 29.3 Å². The van der Waals surface area contributed by atoms with E-state index in [9.17, 15) is 12.8 Å². The van der Waals surface area contributed by atoms with Crippen molar-refractivity contribution in [2.24, 2.45) is 0 Å². The molecule has 10 nitrogen and oxygen atoms in total. The molecule has 0 aliphatic carbocycles. The summed E-state index contributed by atoms with van der Waals surface area (Å²) >= 11 is 0. The Morgan fingerprint density at radius 3 is 2.55 bits per heavy atom. The van der Waals surface area contributed by atoms with Gasteiger partial charge in [-0.25, -0.2) is 22.8 Å². The number of piperazine rings is 1. The van der Waals surface area contributed by atoms with Crippen LogP contribution < -0.4 is 9.64 Å². The summed E-state index contributed by atoms with van der Waals surface area (Å²) < 4.78 is 48.0. The van der Waals surface area contributed by atoms with Crippen molar-refractivity contribution in [3.63, 3.8) is 0 Å². The lowest BCUT2D eigenvalue weighted by atomic mass is 10.3. The van der Waals surface area contributed by atoms with Gasteiger partial charge in [0.25, 0.3) is 0 Å². The number of halogens is 1. The number of aromatic nitrogens is 5. The number of benzene rings is 2. The van der Waals surface area contributed by atoms with Crippen molar-refractivity contribution >= 4 is 27.0 Å². The number of hydrogen-bond acceptors (Lipinski definition) is 8. The van der Waals surface area contributed by atoms with Gasteiger partial charge in [-0.1, -0.05) is 23.4 Å². The summed E-state index contributed by atoms with van der Waals surface area (Å²) in [5.74, 6) is 0.487. The topological polar surface area (TPSA) is 106 Å². The van der Waals surface area contributed by atoms with E-state index in [1.807, 2.05) is 29.2 Å². The minimum Gasteiger partial charge on any atom is -0.497 e. The number of methoxy groups -OCH3 is 1. The molecule has 1 aliphatic rings. The maximum atomic E-state index is 14.1. The molecule has 2 aromatic heterocycles. The van der Waals surface area contributed by atoms with Gasteiger partial charge >= 0.3 is 0 Å². The van der Waals surface area contributed by atoms with Crippen molar-refractivity contribution in [2.75, 3.05) is 38.2 Å². The van der Waals surface area contributed by atoms with E-state index in [1.165, 1.54) is 28.8 Å². The Balaban J connectivity index is 1.40. The highest BCUT2D eigenvalue weighted by Gasteiger charge is 2.31. The van der Waals surface area contributed by atoms with E-state index in [4.69, 9.17) is 4.74 Å². The first-order chi connectivity index (χ1) is 16.0. The quantitative estimate of drug-likeness (QED) is 0.436. The van der Waals surface area contributed by atoms with Gasteiger partial charge in [-0.05, 0) is 24.3 Å². The molecule has 1 fully saturated rings. The fraction of sp³-hybridized carbons (Fsp3) is 0.238. The van der Waals surface area contributed by atoms with Gasteiger partial charge in [0.15, 0.2) is 17.0 Å². The normalized spacial score (nSPS) is 15.2. The second-order valence-electron chi connectivity index (χ2n) is 7.39. The Morgan fingerprint density at radius 2 is 1.79 bits per heavy atom. The third kappa shape index (κ3) is 3.76. The molecule has 12 heteroatoms. The highest BCUT2D eigenvalue weighted by Crippen LogP contribution is 2.26. The fourth-order valence-electron chi connectivity index (χ4n) is 3.82. The second kappa shape index (κ2) is 8.37. The Morgan fingerprint density at radius 1 is 1.00 bits per heavy atom. The van der Waals surface area contributed by atoms with Crippen molar-refractivity contribution < 1.29 is 17.5 Å². The molecule has 4 aromatic rings. The third-order valence-electron chi connectivity index (χ3n) is 5.51. The van der Waals surface area contributed by atoms with Gasteiger partial charge in [0, 0.05) is 32.2 Å². The zero-order chi connectivity index (χ0) is 23.0. The number of nitrogens with zero attached hydrogens (tertiary/aromatic N) is 7. The highest BCUT2D eigenvalue weighted by molar-refractivity contribution is 7.89. The third-order valence-corrected chi connectivity index (χ3v) is 7.44. The Kier molecular flexibility index (Phi) is 5.38. The van der Waals surface area contributed by atoms with Gasteiger partial charge in [0.1, 0.15) is 22.8 Å². The molecule has 1 saturated heterocycles. The van der Waals surface area contributed by atoms with Gasteiger partial charge in [-0.2, -0.15) is 8.99 Å². The van der Waals surface area contributed by atoms with Crippen LogP contribution in [0.1, 0.15) is 0 Å². The van der Waals surface area contributed by atoms with Crippen LogP contribution in [-0.2, 0) is 10.0 Å². The molecule has 5 rings (SSSR count). The van der Waals surface area contributed by atoms with Crippen LogP contribution in [0.3, 0.4) is 0 Å². The Bertz CT molecular complexity index is 1420. The summed E-state index contributed by atoms with van der Waals surface area (Å²) in [4.78, 5) is 10.3. The predicted molar refractivity (Wildman–Crippen MR) is 118 cm³/mol. The monoisotopic (exact) mass is 469 g/mol. The molecular formula is C21H20FN7O3S. The molecule has 2 aromatic carbocycles. The molecule has 33 heavy (non-hydrogen) atoms. The molecule has 0 radical (unpaired) electrons. The van der Waals surface area contributed by atoms with Crippen LogP contribution in [-0.4, -0.2) is 71.0 Å². The van der Waals surface area contributed by atoms with Crippen LogP contribution in [0.2, 0.25) is 0 Å². The first-order valence-corrected chi connectivity index (χ1v) is 11.6. The summed E-state index contributed by atoms with van der Waals surface area (Å²) in [5.41, 5.74) is 1.77. The number of hydrogen-bond donors (Lipinski definition) is 0. The number of sulfonamides is 1. The molecule has 0 saturated carbocycles. The Hall–Kier alpha value is -3.64. The minimum absolute atomic E-state index is 0.187. The number of anilines is 1. The number of fused-ring (bicyclic) bond motifs is 1. The average Bonchev–Trinajstić information content (AvgIpc) is 3.29. The average molecular weight is 470 g/mol. The molecule has 0 spiro atoms. The number of ether oxygens (including phenoxy) is 1. The van der Waals surface area contributed by atoms with E-state index in [-0.39, 0.29) is 18.0 Å². The minimum atomic E-state index is -3.92.